The average Bonchev–Trinajstić information content (AvgIpc) is 2.90. The first-order valence-electron chi connectivity index (χ1n) is 7.43. The van der Waals surface area contributed by atoms with Crippen molar-refractivity contribution in [2.75, 3.05) is 0 Å². The normalized spacial score (nSPS) is 48.1. The van der Waals surface area contributed by atoms with Crippen molar-refractivity contribution >= 4 is 0 Å². The van der Waals surface area contributed by atoms with Crippen molar-refractivity contribution in [2.24, 2.45) is 35.5 Å². The van der Waals surface area contributed by atoms with Gasteiger partial charge in [-0.3, -0.25) is 0 Å². The van der Waals surface area contributed by atoms with Crippen LogP contribution in [0.25, 0.3) is 0 Å². The van der Waals surface area contributed by atoms with Crippen LogP contribution in [0.15, 0.2) is 23.3 Å². The van der Waals surface area contributed by atoms with E-state index in [1.807, 2.05) is 5.57 Å². The molecule has 3 rings (SSSR count). The van der Waals surface area contributed by atoms with Crippen LogP contribution >= 0.6 is 0 Å². The van der Waals surface area contributed by atoms with Gasteiger partial charge in [-0.2, -0.15) is 0 Å². The second-order valence-electron chi connectivity index (χ2n) is 7.00. The maximum absolute atomic E-state index is 2.53. The molecule has 0 aromatic rings. The molecule has 2 bridgehead atoms. The molecule has 3 aliphatic rings. The molecular formula is C17H26. The fourth-order valence-electron chi connectivity index (χ4n) is 5.13. The third-order valence-corrected chi connectivity index (χ3v) is 5.69. The van der Waals surface area contributed by atoms with Crippen LogP contribution in [0.1, 0.15) is 47.0 Å². The predicted octanol–water partition coefficient (Wildman–Crippen LogP) is 4.83. The van der Waals surface area contributed by atoms with Gasteiger partial charge >= 0.3 is 0 Å². The van der Waals surface area contributed by atoms with Gasteiger partial charge in [-0.15, -0.1) is 0 Å². The summed E-state index contributed by atoms with van der Waals surface area (Å²) in [6.07, 6.45) is 9.38. The van der Waals surface area contributed by atoms with E-state index >= 15 is 0 Å². The van der Waals surface area contributed by atoms with Gasteiger partial charge in [-0.1, -0.05) is 37.1 Å². The molecule has 0 heterocycles. The number of allylic oxidation sites excluding steroid dienone is 4. The molecule has 17 heavy (non-hydrogen) atoms. The van der Waals surface area contributed by atoms with Crippen molar-refractivity contribution in [3.05, 3.63) is 23.3 Å². The summed E-state index contributed by atoms with van der Waals surface area (Å²) in [6.45, 7) is 9.49. The summed E-state index contributed by atoms with van der Waals surface area (Å²) in [5.74, 6) is 5.53. The summed E-state index contributed by atoms with van der Waals surface area (Å²) >= 11 is 0. The van der Waals surface area contributed by atoms with E-state index in [0.717, 1.165) is 35.5 Å². The molecule has 6 unspecified atom stereocenters. The molecular weight excluding hydrogens is 204 g/mol. The maximum Gasteiger partial charge on any atom is -0.0192 e. The van der Waals surface area contributed by atoms with Crippen LogP contribution in [-0.2, 0) is 0 Å². The summed E-state index contributed by atoms with van der Waals surface area (Å²) < 4.78 is 0. The van der Waals surface area contributed by atoms with Gasteiger partial charge in [0, 0.05) is 0 Å². The molecule has 0 amide bonds. The second-order valence-corrected chi connectivity index (χ2v) is 7.00. The van der Waals surface area contributed by atoms with Crippen molar-refractivity contribution in [3.8, 4) is 0 Å². The third kappa shape index (κ3) is 1.72. The monoisotopic (exact) mass is 230 g/mol. The first kappa shape index (κ1) is 11.6. The van der Waals surface area contributed by atoms with Crippen LogP contribution in [0.5, 0.6) is 0 Å². The number of hydrogen-bond acceptors (Lipinski definition) is 0. The van der Waals surface area contributed by atoms with Gasteiger partial charge in [0.2, 0.25) is 0 Å². The summed E-state index contributed by atoms with van der Waals surface area (Å²) in [5.41, 5.74) is 3.43. The van der Waals surface area contributed by atoms with E-state index in [2.05, 4.69) is 39.8 Å². The highest BCUT2D eigenvalue weighted by atomic mass is 14.5. The zero-order valence-electron chi connectivity index (χ0n) is 11.7. The summed E-state index contributed by atoms with van der Waals surface area (Å²) in [7, 11) is 0. The highest BCUT2D eigenvalue weighted by Crippen LogP contribution is 2.59. The van der Waals surface area contributed by atoms with E-state index in [4.69, 9.17) is 0 Å². The van der Waals surface area contributed by atoms with Crippen LogP contribution in [0.3, 0.4) is 0 Å². The zero-order valence-corrected chi connectivity index (χ0v) is 11.7. The molecule has 0 aromatic heterocycles. The average molecular weight is 230 g/mol. The predicted molar refractivity (Wildman–Crippen MR) is 73.7 cm³/mol. The first-order valence-corrected chi connectivity index (χ1v) is 7.43. The highest BCUT2D eigenvalue weighted by molar-refractivity contribution is 5.27. The van der Waals surface area contributed by atoms with Crippen molar-refractivity contribution in [3.63, 3.8) is 0 Å². The van der Waals surface area contributed by atoms with Crippen molar-refractivity contribution < 1.29 is 0 Å². The summed E-state index contributed by atoms with van der Waals surface area (Å²) in [5, 5.41) is 0. The van der Waals surface area contributed by atoms with Crippen molar-refractivity contribution in [1.29, 1.82) is 0 Å². The fourth-order valence-corrected chi connectivity index (χ4v) is 5.13. The van der Waals surface area contributed by atoms with Crippen LogP contribution < -0.4 is 0 Å². The Hall–Kier alpha value is -0.520. The number of fused-ring (bicyclic) bond motifs is 2. The lowest BCUT2D eigenvalue weighted by Gasteiger charge is -2.33. The molecule has 2 fully saturated rings. The molecule has 0 aliphatic heterocycles. The van der Waals surface area contributed by atoms with E-state index < -0.39 is 0 Å². The standard InChI is InChI=1S/C17H26/c1-10(2)17-12(4)15-8-14(17)9-16(15)13-6-5-11(3)7-13/h5-6,11-16H,7-9H2,1-4H3. The smallest absolute Gasteiger partial charge is 0.0192 e. The minimum Gasteiger partial charge on any atom is -0.0854 e. The van der Waals surface area contributed by atoms with E-state index in [0.29, 0.717) is 0 Å². The van der Waals surface area contributed by atoms with E-state index in [-0.39, 0.29) is 0 Å². The SMILES string of the molecule is CC(C)=C1C2CC(C3C=CC(C)C3)C(C2)C1C. The Morgan fingerprint density at radius 3 is 2.24 bits per heavy atom. The quantitative estimate of drug-likeness (QED) is 0.566. The Bertz CT molecular complexity index is 365. The summed E-state index contributed by atoms with van der Waals surface area (Å²) in [6, 6.07) is 0. The van der Waals surface area contributed by atoms with Gasteiger partial charge in [0.15, 0.2) is 0 Å². The number of rotatable bonds is 1. The minimum absolute atomic E-state index is 0.831. The molecule has 3 aliphatic carbocycles. The second kappa shape index (κ2) is 4.00. The molecule has 0 spiro atoms. The van der Waals surface area contributed by atoms with E-state index in [1.54, 1.807) is 5.57 Å². The first-order chi connectivity index (χ1) is 8.08. The van der Waals surface area contributed by atoms with Gasteiger partial charge in [-0.25, -0.2) is 0 Å². The molecule has 0 radical (unpaired) electrons. The highest BCUT2D eigenvalue weighted by Gasteiger charge is 2.49. The van der Waals surface area contributed by atoms with Crippen molar-refractivity contribution in [2.45, 2.75) is 47.0 Å². The van der Waals surface area contributed by atoms with Gasteiger partial charge in [0.25, 0.3) is 0 Å². The van der Waals surface area contributed by atoms with Crippen LogP contribution in [0.4, 0.5) is 0 Å². The zero-order chi connectivity index (χ0) is 12.2. The molecule has 0 nitrogen and oxygen atoms in total. The largest absolute Gasteiger partial charge is 0.0854 e. The lowest BCUT2D eigenvalue weighted by molar-refractivity contribution is 0.230. The van der Waals surface area contributed by atoms with Gasteiger partial charge in [-0.05, 0) is 68.6 Å². The molecule has 2 saturated carbocycles. The molecule has 0 heteroatoms. The maximum atomic E-state index is 2.53. The third-order valence-electron chi connectivity index (χ3n) is 5.69. The molecule has 6 atom stereocenters. The van der Waals surface area contributed by atoms with Crippen LogP contribution in [0, 0.1) is 35.5 Å². The Morgan fingerprint density at radius 1 is 1.00 bits per heavy atom. The van der Waals surface area contributed by atoms with Gasteiger partial charge in [0.1, 0.15) is 0 Å². The van der Waals surface area contributed by atoms with E-state index in [1.165, 1.54) is 19.3 Å². The Balaban J connectivity index is 1.78. The Kier molecular flexibility index (Phi) is 2.72. The Morgan fingerprint density at radius 2 is 1.71 bits per heavy atom. The van der Waals surface area contributed by atoms with E-state index in [9.17, 15) is 0 Å². The molecule has 0 aromatic carbocycles. The van der Waals surface area contributed by atoms with Gasteiger partial charge < -0.3 is 0 Å². The molecule has 0 saturated heterocycles. The minimum atomic E-state index is 0.831. The fraction of sp³-hybridized carbons (Fsp3) is 0.765. The molecule has 94 valence electrons. The number of hydrogen-bond donors (Lipinski definition) is 0. The van der Waals surface area contributed by atoms with Crippen molar-refractivity contribution in [1.82, 2.24) is 0 Å². The lowest BCUT2D eigenvalue weighted by atomic mass is 9.71. The topological polar surface area (TPSA) is 0 Å². The van der Waals surface area contributed by atoms with Crippen LogP contribution in [0.2, 0.25) is 0 Å². The van der Waals surface area contributed by atoms with Gasteiger partial charge in [0.05, 0.1) is 0 Å². The molecule has 0 N–H and O–H groups in total. The van der Waals surface area contributed by atoms with Crippen LogP contribution in [-0.4, -0.2) is 0 Å². The Labute approximate surface area is 106 Å². The summed E-state index contributed by atoms with van der Waals surface area (Å²) in [4.78, 5) is 0. The lowest BCUT2D eigenvalue weighted by Crippen LogP contribution is -2.25.